The van der Waals surface area contributed by atoms with Crippen LogP contribution in [-0.2, 0) is 4.74 Å². The van der Waals surface area contributed by atoms with Gasteiger partial charge in [0.2, 0.25) is 0 Å². The average molecular weight is 462 g/mol. The first-order chi connectivity index (χ1) is 11.0. The summed E-state index contributed by atoms with van der Waals surface area (Å²) >= 11 is 6.65. The lowest BCUT2D eigenvalue weighted by Gasteiger charge is -2.29. The summed E-state index contributed by atoms with van der Waals surface area (Å²) in [5, 5.41) is 1.09. The second-order valence-corrected chi connectivity index (χ2v) is 8.13. The zero-order valence-electron chi connectivity index (χ0n) is 13.1. The van der Waals surface area contributed by atoms with Crippen LogP contribution in [0, 0.1) is 6.92 Å². The molecular weight excluding hydrogens is 443 g/mol. The van der Waals surface area contributed by atoms with Crippen molar-refractivity contribution in [2.45, 2.75) is 25.7 Å². The minimum atomic E-state index is -0.298. The Hall–Kier alpha value is -0.380. The molecule has 4 nitrogen and oxygen atoms in total. The summed E-state index contributed by atoms with van der Waals surface area (Å²) in [6.07, 6.45) is 2.25. The first kappa shape index (κ1) is 17.4. The zero-order chi connectivity index (χ0) is 16.6. The first-order valence-electron chi connectivity index (χ1n) is 7.52. The normalized spacial score (nSPS) is 16.9. The molecule has 0 aliphatic carbocycles. The topological polar surface area (TPSA) is 34.5 Å². The largest absolute Gasteiger partial charge is 0.464 e. The Morgan fingerprint density at radius 2 is 2.04 bits per heavy atom. The molecule has 1 fully saturated rings. The van der Waals surface area contributed by atoms with Crippen LogP contribution in [0.1, 0.15) is 40.4 Å². The van der Waals surface area contributed by atoms with Crippen molar-refractivity contribution < 1.29 is 9.53 Å². The predicted octanol–water partition coefficient (Wildman–Crippen LogP) is 4.61. The highest BCUT2D eigenvalue weighted by Gasteiger charge is 2.23. The van der Waals surface area contributed by atoms with Gasteiger partial charge in [-0.2, -0.15) is 0 Å². The molecule has 0 N–H and O–H groups in total. The maximum atomic E-state index is 12.0. The molecule has 1 aliphatic heterocycles. The van der Waals surface area contributed by atoms with Crippen LogP contribution in [0.3, 0.4) is 0 Å². The van der Waals surface area contributed by atoms with Crippen molar-refractivity contribution in [2.24, 2.45) is 0 Å². The number of aromatic nitrogens is 1. The molecule has 0 atom stereocenters. The molecule has 2 aromatic rings. The van der Waals surface area contributed by atoms with Gasteiger partial charge in [0, 0.05) is 48.8 Å². The van der Waals surface area contributed by atoms with Crippen LogP contribution in [0.25, 0.3) is 10.9 Å². The lowest BCUT2D eigenvalue weighted by molar-refractivity contribution is 0.0594. The molecular formula is C16H19IN2O2S2. The Balaban J connectivity index is 2.07. The molecule has 23 heavy (non-hydrogen) atoms. The van der Waals surface area contributed by atoms with Gasteiger partial charge in [0.05, 0.1) is 12.6 Å². The number of rotatable bonds is 3. The van der Waals surface area contributed by atoms with Crippen molar-refractivity contribution in [3.63, 3.8) is 0 Å². The van der Waals surface area contributed by atoms with E-state index in [1.807, 2.05) is 10.0 Å². The van der Waals surface area contributed by atoms with E-state index in [-0.39, 0.29) is 5.97 Å². The summed E-state index contributed by atoms with van der Waals surface area (Å²) in [6.45, 7) is 4.19. The van der Waals surface area contributed by atoms with Gasteiger partial charge in [-0.25, -0.2) is 4.79 Å². The molecule has 0 unspecified atom stereocenters. The molecule has 0 amide bonds. The van der Waals surface area contributed by atoms with Gasteiger partial charge >= 0.3 is 5.97 Å². The smallest absolute Gasteiger partial charge is 0.355 e. The minimum absolute atomic E-state index is 0.298. The molecule has 124 valence electrons. The van der Waals surface area contributed by atoms with E-state index >= 15 is 0 Å². The van der Waals surface area contributed by atoms with Crippen molar-refractivity contribution in [1.29, 1.82) is 0 Å². The van der Waals surface area contributed by atoms with Gasteiger partial charge in [0.25, 0.3) is 0 Å². The fourth-order valence-corrected chi connectivity index (χ4v) is 5.24. The molecule has 0 saturated carbocycles. The fourth-order valence-electron chi connectivity index (χ4n) is 3.30. The molecule has 2 heterocycles. The van der Waals surface area contributed by atoms with E-state index < -0.39 is 0 Å². The summed E-state index contributed by atoms with van der Waals surface area (Å²) in [5.74, 6) is 0.264. The number of carbonyl (C=O) groups is 1. The Morgan fingerprint density at radius 3 is 2.65 bits per heavy atom. The van der Waals surface area contributed by atoms with E-state index in [1.165, 1.54) is 27.4 Å². The number of aryl methyl sites for hydroxylation is 1. The zero-order valence-corrected chi connectivity index (χ0v) is 17.0. The summed E-state index contributed by atoms with van der Waals surface area (Å²) in [5.41, 5.74) is 4.35. The Labute approximate surface area is 158 Å². The summed E-state index contributed by atoms with van der Waals surface area (Å²) in [7, 11) is 2.92. The number of benzene rings is 1. The molecule has 0 radical (unpaired) electrons. The Kier molecular flexibility index (Phi) is 5.49. The maximum absolute atomic E-state index is 12.0. The van der Waals surface area contributed by atoms with Gasteiger partial charge < -0.3 is 4.74 Å². The van der Waals surface area contributed by atoms with E-state index in [0.29, 0.717) is 11.6 Å². The molecule has 3 rings (SSSR count). The average Bonchev–Trinajstić information content (AvgIpc) is 2.91. The van der Waals surface area contributed by atoms with Crippen LogP contribution in [-0.4, -0.2) is 34.4 Å². The summed E-state index contributed by atoms with van der Waals surface area (Å²) in [6, 6.07) is 6.36. The highest BCUT2D eigenvalue weighted by molar-refractivity contribution is 14.2. The number of carbonyl (C=O) groups excluding carboxylic acids is 1. The molecule has 7 heteroatoms. The molecule has 1 aromatic heterocycles. The van der Waals surface area contributed by atoms with E-state index in [9.17, 15) is 4.79 Å². The van der Waals surface area contributed by atoms with E-state index in [2.05, 4.69) is 57.4 Å². The van der Waals surface area contributed by atoms with E-state index in [4.69, 9.17) is 4.74 Å². The molecule has 0 spiro atoms. The van der Waals surface area contributed by atoms with Crippen LogP contribution >= 0.6 is 43.1 Å². The number of thiol groups is 1. The number of halogens is 1. The van der Waals surface area contributed by atoms with Crippen LogP contribution in [0.4, 0.5) is 0 Å². The van der Waals surface area contributed by atoms with Gasteiger partial charge in [-0.3, -0.25) is 8.28 Å². The lowest BCUT2D eigenvalue weighted by atomic mass is 9.87. The van der Waals surface area contributed by atoms with Crippen molar-refractivity contribution in [1.82, 2.24) is 8.28 Å². The minimum Gasteiger partial charge on any atom is -0.464 e. The van der Waals surface area contributed by atoms with Crippen molar-refractivity contribution in [3.05, 3.63) is 35.0 Å². The number of methoxy groups -OCH3 is 1. The van der Waals surface area contributed by atoms with Crippen molar-refractivity contribution >= 4 is 60.0 Å². The van der Waals surface area contributed by atoms with Crippen molar-refractivity contribution in [3.8, 4) is 0 Å². The van der Waals surface area contributed by atoms with E-state index in [0.717, 1.165) is 36.8 Å². The maximum Gasteiger partial charge on any atom is 0.355 e. The molecule has 1 aromatic carbocycles. The van der Waals surface area contributed by atoms with Gasteiger partial charge in [0.15, 0.2) is 0 Å². The van der Waals surface area contributed by atoms with Crippen LogP contribution in [0.5, 0.6) is 0 Å². The van der Waals surface area contributed by atoms with Gasteiger partial charge in [-0.15, -0.1) is 0 Å². The number of ether oxygens (including phenoxy) is 1. The predicted molar refractivity (Wildman–Crippen MR) is 108 cm³/mol. The monoisotopic (exact) mass is 462 g/mol. The number of hydrogen-bond donors (Lipinski definition) is 1. The third kappa shape index (κ3) is 3.38. The Morgan fingerprint density at radius 1 is 1.35 bits per heavy atom. The molecule has 0 bridgehead atoms. The number of piperidine rings is 1. The SMILES string of the molecule is COC(=O)c1cc2cc(C)c(C3CCN(S)CC3)cc2n1SI. The number of fused-ring (bicyclic) bond motifs is 1. The summed E-state index contributed by atoms with van der Waals surface area (Å²) < 4.78 is 8.95. The van der Waals surface area contributed by atoms with Crippen LogP contribution in [0.15, 0.2) is 18.2 Å². The molecule has 1 aliphatic rings. The quantitative estimate of drug-likeness (QED) is 0.411. The first-order valence-corrected chi connectivity index (χ1v) is 11.2. The van der Waals surface area contributed by atoms with Crippen molar-refractivity contribution in [2.75, 3.05) is 20.2 Å². The second-order valence-electron chi connectivity index (χ2n) is 5.88. The standard InChI is InChI=1S/C16H19IN2O2S2/c1-10-7-12-8-15(16(20)21-2)19(23-17)14(12)9-13(10)11-3-5-18(22)6-4-11/h7-9,11,22H,3-6H2,1-2H3. The number of nitrogens with zero attached hydrogens (tertiary/aromatic N) is 2. The third-order valence-corrected chi connectivity index (χ3v) is 6.63. The van der Waals surface area contributed by atoms with Gasteiger partial charge in [-0.05, 0) is 55.0 Å². The van der Waals surface area contributed by atoms with Crippen LogP contribution < -0.4 is 0 Å². The fraction of sp³-hybridized carbons (Fsp3) is 0.438. The summed E-state index contributed by atoms with van der Waals surface area (Å²) in [4.78, 5) is 12.0. The highest BCUT2D eigenvalue weighted by Crippen LogP contribution is 2.36. The third-order valence-electron chi connectivity index (χ3n) is 4.52. The highest BCUT2D eigenvalue weighted by atomic mass is 127. The second kappa shape index (κ2) is 7.25. The number of esters is 1. The van der Waals surface area contributed by atoms with E-state index in [1.54, 1.807) is 0 Å². The van der Waals surface area contributed by atoms with Gasteiger partial charge in [-0.1, -0.05) is 12.8 Å². The van der Waals surface area contributed by atoms with Gasteiger partial charge in [0.1, 0.15) is 5.69 Å². The number of hydrogen-bond acceptors (Lipinski definition) is 5. The van der Waals surface area contributed by atoms with Crippen LogP contribution in [0.2, 0.25) is 0 Å². The lowest BCUT2D eigenvalue weighted by Crippen LogP contribution is -2.25. The Bertz CT molecular complexity index is 739. The molecule has 1 saturated heterocycles.